The fourth-order valence-corrected chi connectivity index (χ4v) is 2.86. The molecule has 0 saturated heterocycles. The molecule has 0 spiro atoms. The van der Waals surface area contributed by atoms with Gasteiger partial charge in [-0.05, 0) is 17.7 Å². The van der Waals surface area contributed by atoms with Gasteiger partial charge in [-0.15, -0.1) is 0 Å². The number of hydrogen-bond acceptors (Lipinski definition) is 4. The predicted molar refractivity (Wildman–Crippen MR) is 97.2 cm³/mol. The predicted octanol–water partition coefficient (Wildman–Crippen LogP) is 4.93. The van der Waals surface area contributed by atoms with Crippen molar-refractivity contribution in [3.8, 4) is 0 Å². The molecular weight excluding hydrogens is 432 g/mol. The molecule has 0 aliphatic carbocycles. The number of aliphatic hydroxyl groups is 1. The number of alkyl halides is 6. The van der Waals surface area contributed by atoms with Gasteiger partial charge in [-0.1, -0.05) is 26.0 Å². The molecule has 168 valence electrons. The second kappa shape index (κ2) is 8.92. The zero-order valence-electron chi connectivity index (χ0n) is 16.2. The number of aliphatic hydroxyl groups excluding tert-OH is 1. The second-order valence-electron chi connectivity index (χ2n) is 6.02. The molecule has 12 heteroatoms. The zero-order valence-corrected chi connectivity index (χ0v) is 16.2. The average Bonchev–Trinajstić information content (AvgIpc) is 3.15. The number of carboxylic acids is 1. The van der Waals surface area contributed by atoms with Gasteiger partial charge in [0.25, 0.3) is 0 Å². The number of pyridine rings is 1. The quantitative estimate of drug-likeness (QED) is 0.552. The Bertz CT molecular complexity index is 1080. The Hall–Kier alpha value is -3.15. The molecule has 2 aromatic heterocycles. The Labute approximate surface area is 171 Å². The number of rotatable bonds is 4. The average molecular weight is 449 g/mol. The molecule has 0 bridgehead atoms. The minimum Gasteiger partial charge on any atom is -0.475 e. The summed E-state index contributed by atoms with van der Waals surface area (Å²) in [4.78, 5) is 17.8. The van der Waals surface area contributed by atoms with Gasteiger partial charge in [0.15, 0.2) is 0 Å². The number of nitrogens with zero attached hydrogens (tertiary/aromatic N) is 3. The summed E-state index contributed by atoms with van der Waals surface area (Å²) in [5, 5.41) is 19.2. The Morgan fingerprint density at radius 1 is 1.13 bits per heavy atom. The van der Waals surface area contributed by atoms with Crippen LogP contribution >= 0.6 is 0 Å². The Morgan fingerprint density at radius 2 is 1.77 bits per heavy atom. The van der Waals surface area contributed by atoms with E-state index in [2.05, 4.69) is 9.97 Å². The minimum atomic E-state index is -5.07. The van der Waals surface area contributed by atoms with Gasteiger partial charge in [-0.25, -0.2) is 14.8 Å². The molecular formula is C19H17F6N3O3. The van der Waals surface area contributed by atoms with Gasteiger partial charge in [0, 0.05) is 17.8 Å². The lowest BCUT2D eigenvalue weighted by atomic mass is 9.99. The van der Waals surface area contributed by atoms with Crippen LogP contribution in [0.2, 0.25) is 0 Å². The van der Waals surface area contributed by atoms with Gasteiger partial charge >= 0.3 is 18.3 Å². The van der Waals surface area contributed by atoms with E-state index in [0.29, 0.717) is 12.1 Å². The monoisotopic (exact) mass is 449 g/mol. The van der Waals surface area contributed by atoms with Crippen molar-refractivity contribution in [1.29, 1.82) is 0 Å². The second-order valence-corrected chi connectivity index (χ2v) is 6.02. The van der Waals surface area contributed by atoms with E-state index in [0.717, 1.165) is 22.9 Å². The van der Waals surface area contributed by atoms with Crippen molar-refractivity contribution in [2.24, 2.45) is 0 Å². The van der Waals surface area contributed by atoms with Crippen LogP contribution in [0.25, 0.3) is 10.9 Å². The van der Waals surface area contributed by atoms with Crippen molar-refractivity contribution in [3.63, 3.8) is 0 Å². The smallest absolute Gasteiger partial charge is 0.433 e. The summed E-state index contributed by atoms with van der Waals surface area (Å²) in [6.07, 6.45) is -9.54. The molecule has 0 aliphatic rings. The number of carbonyl (C=O) groups is 1. The Morgan fingerprint density at radius 3 is 2.32 bits per heavy atom. The maximum Gasteiger partial charge on any atom is 0.433 e. The molecule has 0 fully saturated rings. The number of carboxylic acid groups (broad SMARTS) is 1. The summed E-state index contributed by atoms with van der Waals surface area (Å²) in [5.41, 5.74) is -4.44. The number of benzene rings is 1. The van der Waals surface area contributed by atoms with E-state index < -0.39 is 59.1 Å². The highest BCUT2D eigenvalue weighted by Crippen LogP contribution is 2.39. The molecule has 0 radical (unpaired) electrons. The van der Waals surface area contributed by atoms with Gasteiger partial charge in [-0.3, -0.25) is 0 Å². The topological polar surface area (TPSA) is 88.2 Å². The van der Waals surface area contributed by atoms with Gasteiger partial charge in [0.2, 0.25) is 5.82 Å². The third-order valence-corrected chi connectivity index (χ3v) is 4.10. The number of para-hydroxylation sites is 1. The molecule has 1 aromatic carbocycles. The lowest BCUT2D eigenvalue weighted by Crippen LogP contribution is -2.17. The third kappa shape index (κ3) is 5.13. The molecule has 3 rings (SSSR count). The van der Waals surface area contributed by atoms with Crippen molar-refractivity contribution in [2.75, 3.05) is 0 Å². The molecule has 1 unspecified atom stereocenters. The maximum atomic E-state index is 13.3. The van der Waals surface area contributed by atoms with Crippen LogP contribution in [0.3, 0.4) is 0 Å². The first-order valence-corrected chi connectivity index (χ1v) is 8.90. The molecule has 2 N–H and O–H groups in total. The highest BCUT2D eigenvalue weighted by molar-refractivity contribution is 5.86. The van der Waals surface area contributed by atoms with Crippen molar-refractivity contribution in [2.45, 2.75) is 38.8 Å². The van der Waals surface area contributed by atoms with Crippen LogP contribution in [0.15, 0.2) is 36.7 Å². The molecule has 1 atom stereocenters. The third-order valence-electron chi connectivity index (χ3n) is 4.10. The van der Waals surface area contributed by atoms with Crippen molar-refractivity contribution >= 4 is 16.9 Å². The summed E-state index contributed by atoms with van der Waals surface area (Å²) in [5.74, 6) is -1.94. The van der Waals surface area contributed by atoms with Gasteiger partial charge in [0.05, 0.1) is 23.7 Å². The van der Waals surface area contributed by atoms with Crippen molar-refractivity contribution in [1.82, 2.24) is 14.5 Å². The van der Waals surface area contributed by atoms with Gasteiger partial charge in [0.1, 0.15) is 5.69 Å². The number of halogens is 6. The summed E-state index contributed by atoms with van der Waals surface area (Å²) >= 11 is 0. The number of aromatic nitrogens is 3. The summed E-state index contributed by atoms with van der Waals surface area (Å²) in [6.45, 7) is 3.45. The van der Waals surface area contributed by atoms with Gasteiger partial charge < -0.3 is 14.8 Å². The number of aromatic carboxylic acids is 1. The van der Waals surface area contributed by atoms with Crippen molar-refractivity contribution < 1.29 is 41.4 Å². The van der Waals surface area contributed by atoms with Crippen LogP contribution in [0.4, 0.5) is 26.3 Å². The van der Waals surface area contributed by atoms with E-state index in [1.54, 1.807) is 0 Å². The normalized spacial score (nSPS) is 12.9. The largest absolute Gasteiger partial charge is 0.475 e. The standard InChI is InChI=1S/C17H11F6N3O3.C2H6/c18-16(19,20)10-3-1-2-8-9(6-12(17(21,22)23)25-13(8)10)11(27)7-26-5-4-24-14(26)15(28)29;1-2/h1-6,11,27H,7H2,(H,28,29);1-2H3. The summed E-state index contributed by atoms with van der Waals surface area (Å²) < 4.78 is 80.4. The molecule has 3 aromatic rings. The minimum absolute atomic E-state index is 0.336. The molecule has 0 amide bonds. The van der Waals surface area contributed by atoms with E-state index in [-0.39, 0.29) is 5.39 Å². The number of hydrogen-bond donors (Lipinski definition) is 2. The van der Waals surface area contributed by atoms with Crippen LogP contribution < -0.4 is 0 Å². The SMILES string of the molecule is CC.O=C(O)c1nccn1CC(O)c1cc(C(F)(F)F)nc2c(C(F)(F)F)cccc12. The fourth-order valence-electron chi connectivity index (χ4n) is 2.86. The van der Waals surface area contributed by atoms with Crippen LogP contribution in [-0.2, 0) is 18.9 Å². The van der Waals surface area contributed by atoms with E-state index in [1.807, 2.05) is 13.8 Å². The lowest BCUT2D eigenvalue weighted by molar-refractivity contribution is -0.142. The molecule has 0 aliphatic heterocycles. The summed E-state index contributed by atoms with van der Waals surface area (Å²) in [6, 6.07) is 3.12. The summed E-state index contributed by atoms with van der Waals surface area (Å²) in [7, 11) is 0. The Kier molecular flexibility index (Phi) is 6.94. The lowest BCUT2D eigenvalue weighted by Gasteiger charge is -2.19. The van der Waals surface area contributed by atoms with Crippen LogP contribution in [0.5, 0.6) is 0 Å². The molecule has 2 heterocycles. The highest BCUT2D eigenvalue weighted by atomic mass is 19.4. The van der Waals surface area contributed by atoms with E-state index in [4.69, 9.17) is 5.11 Å². The molecule has 0 saturated carbocycles. The van der Waals surface area contributed by atoms with Crippen LogP contribution in [-0.4, -0.2) is 30.7 Å². The first kappa shape index (κ1) is 24.1. The number of fused-ring (bicyclic) bond motifs is 1. The van der Waals surface area contributed by atoms with Gasteiger partial charge in [-0.2, -0.15) is 26.3 Å². The van der Waals surface area contributed by atoms with E-state index in [9.17, 15) is 36.2 Å². The molecule has 6 nitrogen and oxygen atoms in total. The zero-order chi connectivity index (χ0) is 23.6. The van der Waals surface area contributed by atoms with E-state index in [1.165, 1.54) is 6.20 Å². The van der Waals surface area contributed by atoms with Crippen LogP contribution in [0.1, 0.15) is 47.4 Å². The van der Waals surface area contributed by atoms with Crippen molar-refractivity contribution in [3.05, 3.63) is 59.3 Å². The highest BCUT2D eigenvalue weighted by Gasteiger charge is 2.38. The Balaban J connectivity index is 0.00000166. The first-order valence-electron chi connectivity index (χ1n) is 8.90. The number of imidazole rings is 1. The maximum absolute atomic E-state index is 13.3. The molecule has 31 heavy (non-hydrogen) atoms. The van der Waals surface area contributed by atoms with Crippen LogP contribution in [0, 0.1) is 0 Å². The fraction of sp³-hybridized carbons (Fsp3) is 0.316. The van der Waals surface area contributed by atoms with E-state index >= 15 is 0 Å². The first-order chi connectivity index (χ1) is 14.4.